The Morgan fingerprint density at radius 3 is 2.33 bits per heavy atom. The molecule has 5 rings (SSSR count). The molecular weight excluding hydrogens is 566 g/mol. The van der Waals surface area contributed by atoms with Crippen LogP contribution in [0, 0.1) is 6.92 Å². The maximum Gasteiger partial charge on any atom is 0.261 e. The number of carbonyl (C=O) groups is 2. The van der Waals surface area contributed by atoms with E-state index in [2.05, 4.69) is 10.0 Å². The number of carbonyl (C=O) groups excluding carboxylic acids is 2. The van der Waals surface area contributed by atoms with E-state index in [-0.39, 0.29) is 22.1 Å². The van der Waals surface area contributed by atoms with Gasteiger partial charge in [0.2, 0.25) is 5.91 Å². The Morgan fingerprint density at radius 1 is 0.950 bits per heavy atom. The number of amides is 2. The highest BCUT2D eigenvalue weighted by Crippen LogP contribution is 2.39. The van der Waals surface area contributed by atoms with E-state index in [1.165, 1.54) is 12.1 Å². The van der Waals surface area contributed by atoms with Crippen LogP contribution in [0.15, 0.2) is 102 Å². The summed E-state index contributed by atoms with van der Waals surface area (Å²) in [4.78, 5) is 27.3. The topological polar surface area (TPSA) is 95.6 Å². The molecule has 10 heteroatoms. The van der Waals surface area contributed by atoms with E-state index in [1.807, 2.05) is 54.3 Å². The van der Waals surface area contributed by atoms with E-state index in [0.29, 0.717) is 34.3 Å². The Kier molecular flexibility index (Phi) is 8.16. The molecule has 1 aliphatic heterocycles. The van der Waals surface area contributed by atoms with Crippen LogP contribution in [0.25, 0.3) is 0 Å². The SMILES string of the molecule is Cc1cccc(NS(=O)(=O)c2ccc(NC(=O)c3ccc([C@H]4SCC(=O)N4Cc4ccc(Cl)cc4)cc3)cc2)c1. The van der Waals surface area contributed by atoms with Crippen LogP contribution in [0.2, 0.25) is 5.02 Å². The quantitative estimate of drug-likeness (QED) is 0.245. The fourth-order valence-electron chi connectivity index (χ4n) is 4.33. The van der Waals surface area contributed by atoms with Crippen molar-refractivity contribution in [3.8, 4) is 0 Å². The minimum Gasteiger partial charge on any atom is -0.322 e. The predicted molar refractivity (Wildman–Crippen MR) is 160 cm³/mol. The van der Waals surface area contributed by atoms with Crippen molar-refractivity contribution < 1.29 is 18.0 Å². The average Bonchev–Trinajstić information content (AvgIpc) is 3.29. The third kappa shape index (κ3) is 6.50. The largest absolute Gasteiger partial charge is 0.322 e. The fourth-order valence-corrected chi connectivity index (χ4v) is 6.69. The van der Waals surface area contributed by atoms with Crippen molar-refractivity contribution in [3.63, 3.8) is 0 Å². The molecule has 4 aromatic carbocycles. The van der Waals surface area contributed by atoms with Crippen LogP contribution in [0.4, 0.5) is 11.4 Å². The second-order valence-corrected chi connectivity index (χ2v) is 12.6. The summed E-state index contributed by atoms with van der Waals surface area (Å²) in [5.41, 5.74) is 4.25. The van der Waals surface area contributed by atoms with Crippen molar-refractivity contribution in [2.24, 2.45) is 0 Å². The third-order valence-corrected chi connectivity index (χ3v) is 9.29. The van der Waals surface area contributed by atoms with Gasteiger partial charge in [0.25, 0.3) is 15.9 Å². The van der Waals surface area contributed by atoms with E-state index < -0.39 is 10.0 Å². The van der Waals surface area contributed by atoms with Crippen molar-refractivity contribution in [2.45, 2.75) is 23.7 Å². The highest BCUT2D eigenvalue weighted by Gasteiger charge is 2.32. The summed E-state index contributed by atoms with van der Waals surface area (Å²) < 4.78 is 28.0. The van der Waals surface area contributed by atoms with Gasteiger partial charge in [0.05, 0.1) is 10.6 Å². The Hall–Kier alpha value is -3.79. The monoisotopic (exact) mass is 591 g/mol. The van der Waals surface area contributed by atoms with Gasteiger partial charge < -0.3 is 10.2 Å². The van der Waals surface area contributed by atoms with Gasteiger partial charge in [-0.2, -0.15) is 0 Å². The molecule has 7 nitrogen and oxygen atoms in total. The molecule has 1 atom stereocenters. The number of sulfonamides is 1. The number of halogens is 1. The van der Waals surface area contributed by atoms with Crippen molar-refractivity contribution >= 4 is 56.6 Å². The van der Waals surface area contributed by atoms with Gasteiger partial charge in [-0.15, -0.1) is 11.8 Å². The van der Waals surface area contributed by atoms with Crippen LogP contribution >= 0.6 is 23.4 Å². The number of aryl methyl sites for hydroxylation is 1. The summed E-state index contributed by atoms with van der Waals surface area (Å²) in [5, 5.41) is 3.30. The molecule has 2 N–H and O–H groups in total. The first-order chi connectivity index (χ1) is 19.2. The van der Waals surface area contributed by atoms with Gasteiger partial charge in [0.15, 0.2) is 0 Å². The summed E-state index contributed by atoms with van der Waals surface area (Å²) in [5.74, 6) is 0.131. The Labute approximate surface area is 242 Å². The molecule has 0 unspecified atom stereocenters. The van der Waals surface area contributed by atoms with Crippen LogP contribution in [-0.2, 0) is 21.4 Å². The highest BCUT2D eigenvalue weighted by atomic mass is 35.5. The van der Waals surface area contributed by atoms with E-state index in [4.69, 9.17) is 11.6 Å². The van der Waals surface area contributed by atoms with E-state index in [1.54, 1.807) is 54.2 Å². The first kappa shape index (κ1) is 27.8. The van der Waals surface area contributed by atoms with Gasteiger partial charge in [-0.3, -0.25) is 14.3 Å². The van der Waals surface area contributed by atoms with Crippen LogP contribution in [0.5, 0.6) is 0 Å². The second kappa shape index (κ2) is 11.8. The standard InChI is InChI=1S/C30H26ClN3O4S2/c1-20-3-2-4-26(17-20)33-40(37,38)27-15-13-25(14-16-27)32-29(36)22-7-9-23(10-8-22)30-34(28(35)19-39-30)18-21-5-11-24(31)12-6-21/h2-17,30,33H,18-19H2,1H3,(H,32,36)/t30-/m1/s1. The Bertz CT molecular complexity index is 1640. The van der Waals surface area contributed by atoms with Gasteiger partial charge >= 0.3 is 0 Å². The fraction of sp³-hybridized carbons (Fsp3) is 0.133. The molecule has 0 radical (unpaired) electrons. The predicted octanol–water partition coefficient (Wildman–Crippen LogP) is 6.48. The summed E-state index contributed by atoms with van der Waals surface area (Å²) >= 11 is 7.54. The van der Waals surface area contributed by atoms with Gasteiger partial charge in [0.1, 0.15) is 5.37 Å². The van der Waals surface area contributed by atoms with Gasteiger partial charge in [-0.25, -0.2) is 8.42 Å². The van der Waals surface area contributed by atoms with Crippen molar-refractivity contribution in [1.29, 1.82) is 0 Å². The van der Waals surface area contributed by atoms with Crippen LogP contribution in [0.1, 0.15) is 32.4 Å². The summed E-state index contributed by atoms with van der Waals surface area (Å²) in [6.45, 7) is 2.36. The molecule has 0 aliphatic carbocycles. The van der Waals surface area contributed by atoms with E-state index in [9.17, 15) is 18.0 Å². The van der Waals surface area contributed by atoms with Gasteiger partial charge in [-0.1, -0.05) is 48.0 Å². The second-order valence-electron chi connectivity index (χ2n) is 9.39. The molecule has 4 aromatic rings. The lowest BCUT2D eigenvalue weighted by atomic mass is 10.1. The lowest BCUT2D eigenvalue weighted by molar-refractivity contribution is -0.128. The molecule has 0 aromatic heterocycles. The number of nitrogens with one attached hydrogen (secondary N) is 2. The lowest BCUT2D eigenvalue weighted by Gasteiger charge is -2.24. The van der Waals surface area contributed by atoms with Gasteiger partial charge in [-0.05, 0) is 84.3 Å². The maximum absolute atomic E-state index is 12.9. The molecule has 0 saturated carbocycles. The first-order valence-corrected chi connectivity index (χ1v) is 15.4. The number of nitrogens with zero attached hydrogens (tertiary/aromatic N) is 1. The normalized spacial score (nSPS) is 15.2. The molecule has 1 saturated heterocycles. The van der Waals surface area contributed by atoms with Crippen molar-refractivity contribution in [1.82, 2.24) is 4.90 Å². The Balaban J connectivity index is 1.23. The number of thioether (sulfide) groups is 1. The van der Waals surface area contributed by atoms with Crippen molar-refractivity contribution in [3.05, 3.63) is 124 Å². The van der Waals surface area contributed by atoms with E-state index >= 15 is 0 Å². The molecule has 0 bridgehead atoms. The first-order valence-electron chi connectivity index (χ1n) is 12.4. The number of benzene rings is 4. The number of rotatable bonds is 8. The summed E-state index contributed by atoms with van der Waals surface area (Å²) in [6.07, 6.45) is 0. The van der Waals surface area contributed by atoms with Crippen molar-refractivity contribution in [2.75, 3.05) is 15.8 Å². The summed E-state index contributed by atoms with van der Waals surface area (Å²) in [7, 11) is -3.77. The average molecular weight is 592 g/mol. The maximum atomic E-state index is 12.9. The number of anilines is 2. The Morgan fingerprint density at radius 2 is 1.65 bits per heavy atom. The molecule has 1 heterocycles. The zero-order valence-corrected chi connectivity index (χ0v) is 23.9. The molecule has 2 amide bonds. The van der Waals surface area contributed by atoms with Crippen LogP contribution < -0.4 is 10.0 Å². The molecule has 1 aliphatic rings. The van der Waals surface area contributed by atoms with Crippen LogP contribution in [-0.4, -0.2) is 30.9 Å². The molecule has 1 fully saturated rings. The third-order valence-electron chi connectivity index (χ3n) is 6.39. The summed E-state index contributed by atoms with van der Waals surface area (Å²) in [6, 6.07) is 27.7. The molecule has 40 heavy (non-hydrogen) atoms. The zero-order chi connectivity index (χ0) is 28.3. The smallest absolute Gasteiger partial charge is 0.261 e. The van der Waals surface area contributed by atoms with Gasteiger partial charge in [0, 0.05) is 28.5 Å². The molecular formula is C30H26ClN3O4S2. The number of hydrogen-bond donors (Lipinski definition) is 2. The van der Waals surface area contributed by atoms with Crippen LogP contribution in [0.3, 0.4) is 0 Å². The zero-order valence-electron chi connectivity index (χ0n) is 21.5. The molecule has 0 spiro atoms. The number of hydrogen-bond acceptors (Lipinski definition) is 5. The molecule has 204 valence electrons. The minimum atomic E-state index is -3.77. The van der Waals surface area contributed by atoms with E-state index in [0.717, 1.165) is 16.7 Å². The minimum absolute atomic E-state index is 0.0614. The highest BCUT2D eigenvalue weighted by molar-refractivity contribution is 8.00. The lowest BCUT2D eigenvalue weighted by Crippen LogP contribution is -2.27.